The maximum Gasteiger partial charge on any atom is 0.270 e. The fraction of sp³-hybridized carbons (Fsp3) is 0.222. The second-order valence-corrected chi connectivity index (χ2v) is 5.73. The topological polar surface area (TPSA) is 80.9 Å². The molecule has 3 rings (SSSR count). The third-order valence-electron chi connectivity index (χ3n) is 3.59. The van der Waals surface area contributed by atoms with Crippen molar-refractivity contribution in [1.82, 2.24) is 20.4 Å². The number of nitrogens with one attached hydrogen (secondary N) is 1. The first-order valence-corrected chi connectivity index (χ1v) is 7.76. The van der Waals surface area contributed by atoms with Crippen molar-refractivity contribution in [3.63, 3.8) is 0 Å². The molecule has 0 unspecified atom stereocenters. The van der Waals surface area contributed by atoms with Gasteiger partial charge in [-0.3, -0.25) is 9.78 Å². The number of rotatable bonds is 5. The van der Waals surface area contributed by atoms with Crippen molar-refractivity contribution in [2.45, 2.75) is 19.9 Å². The van der Waals surface area contributed by atoms with Crippen molar-refractivity contribution in [2.24, 2.45) is 5.92 Å². The van der Waals surface area contributed by atoms with Gasteiger partial charge in [-0.05, 0) is 18.1 Å². The van der Waals surface area contributed by atoms with Gasteiger partial charge in [0, 0.05) is 11.8 Å². The molecule has 0 aliphatic carbocycles. The Morgan fingerprint density at radius 3 is 2.50 bits per heavy atom. The summed E-state index contributed by atoms with van der Waals surface area (Å²) in [4.78, 5) is 20.8. The lowest BCUT2D eigenvalue weighted by molar-refractivity contribution is 0.0909. The van der Waals surface area contributed by atoms with Gasteiger partial charge in [-0.15, -0.1) is 0 Å². The minimum absolute atomic E-state index is 0.0849. The van der Waals surface area contributed by atoms with Gasteiger partial charge in [0.2, 0.25) is 11.7 Å². The average Bonchev–Trinajstić information content (AvgIpc) is 3.10. The van der Waals surface area contributed by atoms with Crippen LogP contribution in [0.1, 0.15) is 36.3 Å². The molecule has 0 aliphatic rings. The summed E-state index contributed by atoms with van der Waals surface area (Å²) >= 11 is 0. The standard InChI is InChI=1S/C18H18N4O2/c1-12(2)15(20-17(23)14-10-6-7-11-19-14)18-21-16(22-24-18)13-8-4-3-5-9-13/h3-12,15H,1-2H3,(H,20,23)/t15-/m1/s1. The molecule has 3 aromatic rings. The molecule has 1 N–H and O–H groups in total. The van der Waals surface area contributed by atoms with Crippen LogP contribution >= 0.6 is 0 Å². The maximum atomic E-state index is 12.3. The summed E-state index contributed by atoms with van der Waals surface area (Å²) in [5.41, 5.74) is 1.22. The molecule has 2 heterocycles. The Hall–Kier alpha value is -3.02. The average molecular weight is 322 g/mol. The molecular formula is C18H18N4O2. The molecule has 24 heavy (non-hydrogen) atoms. The van der Waals surface area contributed by atoms with E-state index in [2.05, 4.69) is 20.4 Å². The highest BCUT2D eigenvalue weighted by atomic mass is 16.5. The van der Waals surface area contributed by atoms with Crippen molar-refractivity contribution < 1.29 is 9.32 Å². The van der Waals surface area contributed by atoms with Gasteiger partial charge in [0.25, 0.3) is 5.91 Å². The Bertz CT molecular complexity index is 800. The van der Waals surface area contributed by atoms with Crippen LogP contribution in [0.5, 0.6) is 0 Å². The van der Waals surface area contributed by atoms with Crippen molar-refractivity contribution in [2.75, 3.05) is 0 Å². The summed E-state index contributed by atoms with van der Waals surface area (Å²) in [7, 11) is 0. The van der Waals surface area contributed by atoms with E-state index in [-0.39, 0.29) is 17.9 Å². The number of aromatic nitrogens is 3. The Labute approximate surface area is 139 Å². The molecular weight excluding hydrogens is 304 g/mol. The molecule has 6 nitrogen and oxygen atoms in total. The highest BCUT2D eigenvalue weighted by Crippen LogP contribution is 2.23. The first-order valence-electron chi connectivity index (χ1n) is 7.76. The molecule has 6 heteroatoms. The van der Waals surface area contributed by atoms with E-state index in [1.165, 1.54) is 0 Å². The van der Waals surface area contributed by atoms with Crippen LogP contribution < -0.4 is 5.32 Å². The third kappa shape index (κ3) is 3.48. The molecule has 0 fully saturated rings. The molecule has 0 saturated heterocycles. The lowest BCUT2D eigenvalue weighted by Gasteiger charge is -2.18. The SMILES string of the molecule is CC(C)[C@@H](NC(=O)c1ccccn1)c1nc(-c2ccccc2)no1. The van der Waals surface area contributed by atoms with E-state index in [0.29, 0.717) is 17.4 Å². The summed E-state index contributed by atoms with van der Waals surface area (Å²) in [6, 6.07) is 14.4. The van der Waals surface area contributed by atoms with Gasteiger partial charge < -0.3 is 9.84 Å². The first kappa shape index (κ1) is 15.9. The van der Waals surface area contributed by atoms with E-state index in [1.54, 1.807) is 24.4 Å². The summed E-state index contributed by atoms with van der Waals surface area (Å²) in [5.74, 6) is 0.701. The van der Waals surface area contributed by atoms with E-state index in [1.807, 2.05) is 44.2 Å². The number of nitrogens with zero attached hydrogens (tertiary/aromatic N) is 3. The number of amides is 1. The molecule has 1 atom stereocenters. The molecule has 0 spiro atoms. The highest BCUT2D eigenvalue weighted by Gasteiger charge is 2.25. The van der Waals surface area contributed by atoms with Crippen LogP contribution in [0.25, 0.3) is 11.4 Å². The Balaban J connectivity index is 1.82. The fourth-order valence-corrected chi connectivity index (χ4v) is 2.29. The van der Waals surface area contributed by atoms with Crippen molar-refractivity contribution >= 4 is 5.91 Å². The van der Waals surface area contributed by atoms with Gasteiger partial charge in [-0.25, -0.2) is 0 Å². The minimum atomic E-state index is -0.385. The Kier molecular flexibility index (Phi) is 4.65. The van der Waals surface area contributed by atoms with Crippen molar-refractivity contribution in [3.05, 3.63) is 66.3 Å². The highest BCUT2D eigenvalue weighted by molar-refractivity contribution is 5.92. The number of carbonyl (C=O) groups is 1. The Morgan fingerprint density at radius 1 is 1.08 bits per heavy atom. The molecule has 0 radical (unpaired) electrons. The van der Waals surface area contributed by atoms with E-state index in [4.69, 9.17) is 4.52 Å². The van der Waals surface area contributed by atoms with Crippen LogP contribution in [0.3, 0.4) is 0 Å². The molecule has 1 aromatic carbocycles. The van der Waals surface area contributed by atoms with Gasteiger partial charge in [-0.2, -0.15) is 4.98 Å². The second kappa shape index (κ2) is 7.04. The summed E-state index contributed by atoms with van der Waals surface area (Å²) < 4.78 is 5.38. The normalized spacial score (nSPS) is 12.1. The fourth-order valence-electron chi connectivity index (χ4n) is 2.29. The van der Waals surface area contributed by atoms with Gasteiger partial charge in [-0.1, -0.05) is 55.4 Å². The Morgan fingerprint density at radius 2 is 1.83 bits per heavy atom. The lowest BCUT2D eigenvalue weighted by Crippen LogP contribution is -2.32. The van der Waals surface area contributed by atoms with Crippen molar-refractivity contribution in [3.8, 4) is 11.4 Å². The summed E-state index contributed by atoms with van der Waals surface area (Å²) in [6.07, 6.45) is 1.58. The van der Waals surface area contributed by atoms with Gasteiger partial charge in [0.05, 0.1) is 0 Å². The van der Waals surface area contributed by atoms with Gasteiger partial charge in [0.1, 0.15) is 11.7 Å². The summed E-state index contributed by atoms with van der Waals surface area (Å²) in [6.45, 7) is 3.96. The first-order chi connectivity index (χ1) is 11.6. The number of benzene rings is 1. The predicted octanol–water partition coefficient (Wildman–Crippen LogP) is 3.26. The number of hydrogen-bond acceptors (Lipinski definition) is 5. The monoisotopic (exact) mass is 322 g/mol. The zero-order valence-electron chi connectivity index (χ0n) is 13.5. The molecule has 2 aromatic heterocycles. The van der Waals surface area contributed by atoms with Crippen LogP contribution in [0.15, 0.2) is 59.3 Å². The molecule has 122 valence electrons. The molecule has 0 aliphatic heterocycles. The smallest absolute Gasteiger partial charge is 0.270 e. The third-order valence-corrected chi connectivity index (χ3v) is 3.59. The van der Waals surface area contributed by atoms with Crippen LogP contribution in [0.2, 0.25) is 0 Å². The zero-order valence-corrected chi connectivity index (χ0v) is 13.5. The van der Waals surface area contributed by atoms with Gasteiger partial charge in [0.15, 0.2) is 0 Å². The van der Waals surface area contributed by atoms with Crippen LogP contribution in [-0.4, -0.2) is 21.0 Å². The second-order valence-electron chi connectivity index (χ2n) is 5.73. The minimum Gasteiger partial charge on any atom is -0.339 e. The molecule has 0 bridgehead atoms. The summed E-state index contributed by atoms with van der Waals surface area (Å²) in [5, 5.41) is 6.93. The maximum absolute atomic E-state index is 12.3. The predicted molar refractivity (Wildman–Crippen MR) is 89.0 cm³/mol. The van der Waals surface area contributed by atoms with Gasteiger partial charge >= 0.3 is 0 Å². The van der Waals surface area contributed by atoms with Crippen molar-refractivity contribution in [1.29, 1.82) is 0 Å². The van der Waals surface area contributed by atoms with E-state index >= 15 is 0 Å². The van der Waals surface area contributed by atoms with Crippen LogP contribution in [0.4, 0.5) is 0 Å². The zero-order chi connectivity index (χ0) is 16.9. The van der Waals surface area contributed by atoms with Crippen LogP contribution in [-0.2, 0) is 0 Å². The largest absolute Gasteiger partial charge is 0.339 e. The molecule has 0 saturated carbocycles. The van der Waals surface area contributed by atoms with E-state index < -0.39 is 0 Å². The number of carbonyl (C=O) groups excluding carboxylic acids is 1. The van der Waals surface area contributed by atoms with E-state index in [0.717, 1.165) is 5.56 Å². The number of hydrogen-bond donors (Lipinski definition) is 1. The lowest BCUT2D eigenvalue weighted by atomic mass is 10.0. The number of pyridine rings is 1. The quantitative estimate of drug-likeness (QED) is 0.780. The van der Waals surface area contributed by atoms with Crippen LogP contribution in [0, 0.1) is 5.92 Å². The molecule has 1 amide bonds. The van der Waals surface area contributed by atoms with E-state index in [9.17, 15) is 4.79 Å².